The Morgan fingerprint density at radius 2 is 1.94 bits per heavy atom. The molecule has 0 bridgehead atoms. The largest absolute Gasteiger partial charge is 0.378 e. The third-order valence-electron chi connectivity index (χ3n) is 2.54. The maximum Gasteiger partial charge on any atom is 0.201 e. The molecule has 2 nitrogen and oxygen atoms in total. The molecule has 2 rings (SSSR count). The molecule has 0 unspecified atom stereocenters. The van der Waals surface area contributed by atoms with E-state index in [1.807, 2.05) is 42.5 Å². The molecule has 82 valence electrons. The standard InChI is InChI=1S/C14H15NO/c16-14-10-6-2-5-9-13(14)15-11-12-7-3-1-4-8-12/h1,3-4,6-10,15H,2,5,11H2. The van der Waals surface area contributed by atoms with Gasteiger partial charge in [0.1, 0.15) is 0 Å². The molecular weight excluding hydrogens is 198 g/mol. The summed E-state index contributed by atoms with van der Waals surface area (Å²) in [5, 5.41) is 3.19. The van der Waals surface area contributed by atoms with Crippen molar-refractivity contribution in [1.29, 1.82) is 0 Å². The highest BCUT2D eigenvalue weighted by atomic mass is 16.1. The number of ketones is 1. The monoisotopic (exact) mass is 213 g/mol. The Kier molecular flexibility index (Phi) is 3.54. The average Bonchev–Trinajstić information content (AvgIpc) is 2.53. The van der Waals surface area contributed by atoms with Gasteiger partial charge in [0.15, 0.2) is 0 Å². The van der Waals surface area contributed by atoms with E-state index in [9.17, 15) is 4.79 Å². The lowest BCUT2D eigenvalue weighted by Gasteiger charge is -2.07. The highest BCUT2D eigenvalue weighted by Crippen LogP contribution is 2.07. The van der Waals surface area contributed by atoms with E-state index in [2.05, 4.69) is 5.32 Å². The van der Waals surface area contributed by atoms with E-state index in [0.717, 1.165) is 18.5 Å². The Balaban J connectivity index is 1.97. The fourth-order valence-corrected chi connectivity index (χ4v) is 1.66. The van der Waals surface area contributed by atoms with Gasteiger partial charge in [-0.05, 0) is 24.5 Å². The Morgan fingerprint density at radius 1 is 1.12 bits per heavy atom. The van der Waals surface area contributed by atoms with Crippen molar-refractivity contribution in [1.82, 2.24) is 5.32 Å². The lowest BCUT2D eigenvalue weighted by atomic mass is 10.2. The minimum atomic E-state index is 0.0773. The summed E-state index contributed by atoms with van der Waals surface area (Å²) in [5.41, 5.74) is 1.90. The van der Waals surface area contributed by atoms with Crippen LogP contribution in [0.15, 0.2) is 54.3 Å². The number of hydrogen-bond donors (Lipinski definition) is 1. The normalized spacial score (nSPS) is 15.5. The van der Waals surface area contributed by atoms with Crippen molar-refractivity contribution in [2.75, 3.05) is 0 Å². The van der Waals surface area contributed by atoms with E-state index < -0.39 is 0 Å². The maximum absolute atomic E-state index is 11.6. The van der Waals surface area contributed by atoms with Crippen LogP contribution in [0.2, 0.25) is 0 Å². The fraction of sp³-hybridized carbons (Fsp3) is 0.214. The van der Waals surface area contributed by atoms with Gasteiger partial charge < -0.3 is 5.32 Å². The lowest BCUT2D eigenvalue weighted by molar-refractivity contribution is -0.111. The summed E-state index contributed by atoms with van der Waals surface area (Å²) in [6.07, 6.45) is 7.43. The first-order chi connectivity index (χ1) is 7.86. The van der Waals surface area contributed by atoms with Crippen molar-refractivity contribution in [2.45, 2.75) is 19.4 Å². The van der Waals surface area contributed by atoms with Crippen LogP contribution in [-0.4, -0.2) is 5.78 Å². The summed E-state index contributed by atoms with van der Waals surface area (Å²) in [4.78, 5) is 11.6. The summed E-state index contributed by atoms with van der Waals surface area (Å²) in [5.74, 6) is 0.0773. The van der Waals surface area contributed by atoms with Crippen LogP contribution in [-0.2, 0) is 11.3 Å². The molecule has 0 saturated heterocycles. The van der Waals surface area contributed by atoms with E-state index in [0.29, 0.717) is 6.54 Å². The molecule has 1 aromatic rings. The van der Waals surface area contributed by atoms with Gasteiger partial charge in [-0.2, -0.15) is 0 Å². The van der Waals surface area contributed by atoms with Crippen LogP contribution in [0.3, 0.4) is 0 Å². The zero-order valence-electron chi connectivity index (χ0n) is 9.15. The zero-order chi connectivity index (χ0) is 11.2. The minimum Gasteiger partial charge on any atom is -0.378 e. The molecule has 16 heavy (non-hydrogen) atoms. The minimum absolute atomic E-state index is 0.0773. The van der Waals surface area contributed by atoms with E-state index in [4.69, 9.17) is 0 Å². The predicted molar refractivity (Wildman–Crippen MR) is 64.7 cm³/mol. The van der Waals surface area contributed by atoms with Crippen molar-refractivity contribution in [2.24, 2.45) is 0 Å². The highest BCUT2D eigenvalue weighted by molar-refractivity contribution is 6.03. The Labute approximate surface area is 95.7 Å². The highest BCUT2D eigenvalue weighted by Gasteiger charge is 2.07. The second kappa shape index (κ2) is 5.31. The lowest BCUT2D eigenvalue weighted by Crippen LogP contribution is -2.18. The molecule has 0 aliphatic heterocycles. The molecule has 0 atom stereocenters. The first-order valence-corrected chi connectivity index (χ1v) is 5.55. The van der Waals surface area contributed by atoms with Crippen LogP contribution in [0.1, 0.15) is 18.4 Å². The molecular formula is C14H15NO. The summed E-state index contributed by atoms with van der Waals surface area (Å²) < 4.78 is 0. The van der Waals surface area contributed by atoms with Gasteiger partial charge in [-0.15, -0.1) is 0 Å². The molecule has 0 saturated carbocycles. The molecule has 0 amide bonds. The van der Waals surface area contributed by atoms with Crippen molar-refractivity contribution in [3.8, 4) is 0 Å². The summed E-state index contributed by atoms with van der Waals surface area (Å²) in [7, 11) is 0. The molecule has 0 radical (unpaired) electrons. The summed E-state index contributed by atoms with van der Waals surface area (Å²) >= 11 is 0. The molecule has 1 aliphatic carbocycles. The second-order valence-electron chi connectivity index (χ2n) is 3.80. The van der Waals surface area contributed by atoms with E-state index in [1.54, 1.807) is 6.08 Å². The number of carbonyl (C=O) groups is 1. The average molecular weight is 213 g/mol. The third kappa shape index (κ3) is 2.83. The first kappa shape index (κ1) is 10.7. The third-order valence-corrected chi connectivity index (χ3v) is 2.54. The Bertz CT molecular complexity index is 418. The van der Waals surface area contributed by atoms with Crippen LogP contribution < -0.4 is 5.32 Å². The van der Waals surface area contributed by atoms with Crippen molar-refractivity contribution in [3.63, 3.8) is 0 Å². The smallest absolute Gasteiger partial charge is 0.201 e. The van der Waals surface area contributed by atoms with E-state index in [-0.39, 0.29) is 5.78 Å². The van der Waals surface area contributed by atoms with Gasteiger partial charge >= 0.3 is 0 Å². The molecule has 1 aromatic carbocycles. The van der Waals surface area contributed by atoms with Crippen LogP contribution in [0, 0.1) is 0 Å². The molecule has 0 heterocycles. The van der Waals surface area contributed by atoms with Gasteiger partial charge in [0.25, 0.3) is 0 Å². The molecule has 0 fully saturated rings. The number of carbonyl (C=O) groups excluding carboxylic acids is 1. The maximum atomic E-state index is 11.6. The molecule has 2 heteroatoms. The van der Waals surface area contributed by atoms with Gasteiger partial charge in [-0.1, -0.05) is 42.5 Å². The van der Waals surface area contributed by atoms with Crippen LogP contribution in [0.5, 0.6) is 0 Å². The number of hydrogen-bond acceptors (Lipinski definition) is 2. The first-order valence-electron chi connectivity index (χ1n) is 5.55. The van der Waals surface area contributed by atoms with Crippen molar-refractivity contribution >= 4 is 5.78 Å². The van der Waals surface area contributed by atoms with Gasteiger partial charge in [0.2, 0.25) is 5.78 Å². The SMILES string of the molecule is O=C1C=CCCC=C1NCc1ccccc1. The molecule has 1 N–H and O–H groups in total. The van der Waals surface area contributed by atoms with Gasteiger partial charge in [-0.3, -0.25) is 4.79 Å². The van der Waals surface area contributed by atoms with Gasteiger partial charge in [0.05, 0.1) is 5.70 Å². The van der Waals surface area contributed by atoms with Crippen molar-refractivity contribution in [3.05, 3.63) is 59.8 Å². The number of rotatable bonds is 3. The van der Waals surface area contributed by atoms with E-state index >= 15 is 0 Å². The van der Waals surface area contributed by atoms with Crippen LogP contribution in [0.25, 0.3) is 0 Å². The number of allylic oxidation sites excluding steroid dienone is 3. The summed E-state index contributed by atoms with van der Waals surface area (Å²) in [6.45, 7) is 0.701. The zero-order valence-corrected chi connectivity index (χ0v) is 9.15. The number of benzene rings is 1. The molecule has 0 spiro atoms. The molecule has 0 aromatic heterocycles. The van der Waals surface area contributed by atoms with Crippen molar-refractivity contribution < 1.29 is 4.79 Å². The Morgan fingerprint density at radius 3 is 2.75 bits per heavy atom. The second-order valence-corrected chi connectivity index (χ2v) is 3.80. The summed E-state index contributed by atoms with van der Waals surface area (Å²) in [6, 6.07) is 10.1. The fourth-order valence-electron chi connectivity index (χ4n) is 1.66. The van der Waals surface area contributed by atoms with E-state index in [1.165, 1.54) is 5.56 Å². The van der Waals surface area contributed by atoms with Crippen LogP contribution >= 0.6 is 0 Å². The Hall–Kier alpha value is -1.83. The quantitative estimate of drug-likeness (QED) is 0.836. The number of nitrogens with one attached hydrogen (secondary N) is 1. The van der Waals surface area contributed by atoms with Crippen LogP contribution in [0.4, 0.5) is 0 Å². The predicted octanol–water partition coefficient (Wildman–Crippen LogP) is 2.58. The topological polar surface area (TPSA) is 29.1 Å². The molecule has 1 aliphatic rings. The van der Waals surface area contributed by atoms with Gasteiger partial charge in [-0.25, -0.2) is 0 Å². The van der Waals surface area contributed by atoms with Gasteiger partial charge in [0, 0.05) is 6.54 Å².